The second kappa shape index (κ2) is 16.8. The Labute approximate surface area is 276 Å². The molecule has 10 nitrogen and oxygen atoms in total. The number of hydrogen-bond acceptors (Lipinski definition) is 9. The van der Waals surface area contributed by atoms with Crippen LogP contribution >= 0.6 is 11.8 Å². The summed E-state index contributed by atoms with van der Waals surface area (Å²) in [5.74, 6) is -0.357. The first-order chi connectivity index (χ1) is 22.0. The Hall–Kier alpha value is -3.57. The third kappa shape index (κ3) is 10.5. The van der Waals surface area contributed by atoms with Crippen LogP contribution in [0, 0.1) is 5.92 Å². The maximum atomic E-state index is 13.9. The van der Waals surface area contributed by atoms with E-state index >= 15 is 0 Å². The van der Waals surface area contributed by atoms with Crippen LogP contribution in [0.5, 0.6) is 0 Å². The van der Waals surface area contributed by atoms with Gasteiger partial charge in [0.25, 0.3) is 0 Å². The minimum atomic E-state index is -0.709. The predicted molar refractivity (Wildman–Crippen MR) is 177 cm³/mol. The zero-order valence-corrected chi connectivity index (χ0v) is 28.2. The second-order valence-corrected chi connectivity index (χ2v) is 13.8. The van der Waals surface area contributed by atoms with Crippen molar-refractivity contribution in [3.8, 4) is 0 Å². The van der Waals surface area contributed by atoms with Crippen molar-refractivity contribution in [1.29, 1.82) is 0 Å². The molecule has 2 atom stereocenters. The lowest BCUT2D eigenvalue weighted by atomic mass is 9.91. The van der Waals surface area contributed by atoms with E-state index < -0.39 is 29.6 Å². The van der Waals surface area contributed by atoms with E-state index in [1.165, 1.54) is 16.7 Å². The quantitative estimate of drug-likeness (QED) is 0.232. The van der Waals surface area contributed by atoms with Crippen LogP contribution in [-0.4, -0.2) is 78.5 Å². The van der Waals surface area contributed by atoms with E-state index in [-0.39, 0.29) is 31.8 Å². The van der Waals surface area contributed by atoms with Crippen LogP contribution in [0.3, 0.4) is 0 Å². The van der Waals surface area contributed by atoms with Crippen molar-refractivity contribution in [2.45, 2.75) is 89.0 Å². The molecule has 0 spiro atoms. The number of nitrogens with one attached hydrogen (secondary N) is 1. The summed E-state index contributed by atoms with van der Waals surface area (Å²) < 4.78 is 16.4. The molecular formula is C35H47N3O7S. The van der Waals surface area contributed by atoms with Crippen molar-refractivity contribution in [3.05, 3.63) is 60.2 Å². The van der Waals surface area contributed by atoms with Gasteiger partial charge in [0.05, 0.1) is 18.3 Å². The topological polar surface area (TPSA) is 114 Å². The van der Waals surface area contributed by atoms with E-state index in [0.29, 0.717) is 36.9 Å². The van der Waals surface area contributed by atoms with Crippen LogP contribution in [0.25, 0.3) is 0 Å². The Morgan fingerprint density at radius 3 is 2.39 bits per heavy atom. The van der Waals surface area contributed by atoms with Crippen molar-refractivity contribution < 1.29 is 33.4 Å². The molecule has 2 aromatic rings. The Balaban J connectivity index is 1.32. The number of nitrogens with zero attached hydrogens (tertiary/aromatic N) is 2. The van der Waals surface area contributed by atoms with Crippen LogP contribution in [0.15, 0.2) is 59.5 Å². The molecule has 1 fully saturated rings. The van der Waals surface area contributed by atoms with Gasteiger partial charge in [-0.3, -0.25) is 24.6 Å². The summed E-state index contributed by atoms with van der Waals surface area (Å²) in [4.78, 5) is 56.4. The standard InChI is InChI=1S/C35H47N3O7S/c1-5-43-33(41)27(15-11-14-25-18-20-37(21-19-25)34(42)44-23-26-12-7-6-8-13-26)36-28-24-46-30-17-10-9-16-29(30)38(32(28)40)22-31(39)45-35(2,3)4/h6-10,12-13,16-17,25,27-28,36H,5,11,14-15,18-24H2,1-4H3. The van der Waals surface area contributed by atoms with Crippen molar-refractivity contribution in [2.24, 2.45) is 5.92 Å². The van der Waals surface area contributed by atoms with Gasteiger partial charge in [0.15, 0.2) is 0 Å². The lowest BCUT2D eigenvalue weighted by Gasteiger charge is -2.32. The highest BCUT2D eigenvalue weighted by Gasteiger charge is 2.36. The maximum absolute atomic E-state index is 13.9. The number of piperidine rings is 1. The number of esters is 2. The Kier molecular flexibility index (Phi) is 12.9. The van der Waals surface area contributed by atoms with Gasteiger partial charge >= 0.3 is 18.0 Å². The Morgan fingerprint density at radius 2 is 1.70 bits per heavy atom. The van der Waals surface area contributed by atoms with E-state index in [0.717, 1.165) is 36.1 Å². The van der Waals surface area contributed by atoms with E-state index in [9.17, 15) is 19.2 Å². The fourth-order valence-electron chi connectivity index (χ4n) is 5.72. The van der Waals surface area contributed by atoms with Gasteiger partial charge in [0.2, 0.25) is 5.91 Å². The predicted octanol–water partition coefficient (Wildman–Crippen LogP) is 5.58. The van der Waals surface area contributed by atoms with Gasteiger partial charge in [0, 0.05) is 23.7 Å². The summed E-state index contributed by atoms with van der Waals surface area (Å²) in [5.41, 5.74) is 0.922. The van der Waals surface area contributed by atoms with Crippen LogP contribution < -0.4 is 10.2 Å². The van der Waals surface area contributed by atoms with Crippen LogP contribution in [0.2, 0.25) is 0 Å². The Morgan fingerprint density at radius 1 is 1.00 bits per heavy atom. The van der Waals surface area contributed by atoms with E-state index in [1.54, 1.807) is 32.6 Å². The van der Waals surface area contributed by atoms with Gasteiger partial charge < -0.3 is 19.1 Å². The fraction of sp³-hybridized carbons (Fsp3) is 0.543. The van der Waals surface area contributed by atoms with Gasteiger partial charge in [-0.05, 0) is 70.6 Å². The zero-order valence-electron chi connectivity index (χ0n) is 27.4. The summed E-state index contributed by atoms with van der Waals surface area (Å²) in [6, 6.07) is 15.7. The van der Waals surface area contributed by atoms with Gasteiger partial charge in [-0.2, -0.15) is 0 Å². The smallest absolute Gasteiger partial charge is 0.410 e. The number of hydrogen-bond donors (Lipinski definition) is 1. The molecule has 0 radical (unpaired) electrons. The number of anilines is 1. The normalized spacial score (nSPS) is 17.9. The fourth-order valence-corrected chi connectivity index (χ4v) is 6.81. The highest BCUT2D eigenvalue weighted by atomic mass is 32.2. The summed E-state index contributed by atoms with van der Waals surface area (Å²) in [6.45, 7) is 8.68. The number of carbonyl (C=O) groups is 4. The van der Waals surface area contributed by atoms with Gasteiger partial charge in [0.1, 0.15) is 24.8 Å². The van der Waals surface area contributed by atoms with Crippen LogP contribution in [0.1, 0.15) is 65.4 Å². The number of likely N-dealkylation sites (tertiary alicyclic amines) is 1. The molecule has 0 aliphatic carbocycles. The molecule has 0 saturated carbocycles. The van der Waals surface area contributed by atoms with E-state index in [1.807, 2.05) is 54.6 Å². The first-order valence-electron chi connectivity index (χ1n) is 16.2. The zero-order chi connectivity index (χ0) is 33.1. The molecule has 2 unspecified atom stereocenters. The van der Waals surface area contributed by atoms with E-state index in [2.05, 4.69) is 5.32 Å². The summed E-state index contributed by atoms with van der Waals surface area (Å²) >= 11 is 1.51. The minimum absolute atomic E-state index is 0.228. The van der Waals surface area contributed by atoms with E-state index in [4.69, 9.17) is 14.2 Å². The summed E-state index contributed by atoms with van der Waals surface area (Å²) in [6.07, 6.45) is 3.61. The SMILES string of the molecule is CCOC(=O)C(CCCC1CCN(C(=O)OCc2ccccc2)CC1)NC1CSc2ccccc2N(CC(=O)OC(C)(C)C)C1=O. The first kappa shape index (κ1) is 35.3. The monoisotopic (exact) mass is 653 g/mol. The lowest BCUT2D eigenvalue weighted by Crippen LogP contribution is -2.54. The number of benzene rings is 2. The molecule has 2 aromatic carbocycles. The third-order valence-corrected chi connectivity index (χ3v) is 9.15. The number of rotatable bonds is 12. The molecule has 1 saturated heterocycles. The van der Waals surface area contributed by atoms with Gasteiger partial charge in [-0.1, -0.05) is 55.3 Å². The van der Waals surface area contributed by atoms with Crippen LogP contribution in [0.4, 0.5) is 10.5 Å². The van der Waals surface area contributed by atoms with Crippen molar-refractivity contribution in [2.75, 3.05) is 36.9 Å². The molecule has 11 heteroatoms. The van der Waals surface area contributed by atoms with Gasteiger partial charge in [-0.25, -0.2) is 4.79 Å². The average molecular weight is 654 g/mol. The molecule has 250 valence electrons. The first-order valence-corrected chi connectivity index (χ1v) is 17.2. The highest BCUT2D eigenvalue weighted by Crippen LogP contribution is 2.34. The molecule has 0 bridgehead atoms. The molecule has 4 rings (SSSR count). The van der Waals surface area contributed by atoms with Gasteiger partial charge in [-0.15, -0.1) is 11.8 Å². The number of fused-ring (bicyclic) bond motifs is 1. The molecule has 0 aromatic heterocycles. The number of thioether (sulfide) groups is 1. The lowest BCUT2D eigenvalue weighted by molar-refractivity contribution is -0.154. The molecular weight excluding hydrogens is 606 g/mol. The van der Waals surface area contributed by atoms with Crippen molar-refractivity contribution >= 4 is 41.4 Å². The van der Waals surface area contributed by atoms with Crippen molar-refractivity contribution in [1.82, 2.24) is 10.2 Å². The molecule has 2 aliphatic rings. The number of para-hydroxylation sites is 1. The molecule has 2 aliphatic heterocycles. The molecule has 46 heavy (non-hydrogen) atoms. The highest BCUT2D eigenvalue weighted by molar-refractivity contribution is 7.99. The van der Waals surface area contributed by atoms with Crippen LogP contribution in [-0.2, 0) is 35.2 Å². The molecule has 2 amide bonds. The maximum Gasteiger partial charge on any atom is 0.410 e. The summed E-state index contributed by atoms with van der Waals surface area (Å²) in [5, 5.41) is 3.30. The molecule has 1 N–H and O–H groups in total. The largest absolute Gasteiger partial charge is 0.465 e. The average Bonchev–Trinajstić information content (AvgIpc) is 3.15. The summed E-state index contributed by atoms with van der Waals surface area (Å²) in [7, 11) is 0. The minimum Gasteiger partial charge on any atom is -0.465 e. The molecule has 2 heterocycles. The Bertz CT molecular complexity index is 1320. The number of amides is 2. The van der Waals surface area contributed by atoms with Crippen molar-refractivity contribution in [3.63, 3.8) is 0 Å². The number of carbonyl (C=O) groups excluding carboxylic acids is 4. The number of ether oxygens (including phenoxy) is 3. The third-order valence-electron chi connectivity index (χ3n) is 7.99. The second-order valence-electron chi connectivity index (χ2n) is 12.7.